The standard InChI is InChI=1S/C12H16BrFN2O/c1-3-15-12(17)7-16-8(2)10-6-9(13)4-5-11(10)14/h4-6,8,16H,3,7H2,1-2H3,(H,15,17). The molecule has 0 aliphatic rings. The van der Waals surface area contributed by atoms with Crippen molar-refractivity contribution >= 4 is 21.8 Å². The largest absolute Gasteiger partial charge is 0.355 e. The number of likely N-dealkylation sites (N-methyl/N-ethyl adjacent to an activating group) is 1. The molecule has 1 aromatic rings. The molecular formula is C12H16BrFN2O. The summed E-state index contributed by atoms with van der Waals surface area (Å²) >= 11 is 3.30. The molecule has 1 unspecified atom stereocenters. The van der Waals surface area contributed by atoms with Gasteiger partial charge in [0.2, 0.25) is 5.91 Å². The van der Waals surface area contributed by atoms with E-state index in [0.717, 1.165) is 4.47 Å². The van der Waals surface area contributed by atoms with Gasteiger partial charge in [0.05, 0.1) is 6.54 Å². The van der Waals surface area contributed by atoms with Crippen LogP contribution >= 0.6 is 15.9 Å². The molecule has 0 heterocycles. The van der Waals surface area contributed by atoms with Crippen LogP contribution in [0.15, 0.2) is 22.7 Å². The molecule has 0 saturated heterocycles. The molecular weight excluding hydrogens is 287 g/mol. The number of hydrogen-bond donors (Lipinski definition) is 2. The molecule has 0 aliphatic heterocycles. The maximum absolute atomic E-state index is 13.5. The van der Waals surface area contributed by atoms with Crippen LogP contribution in [0, 0.1) is 5.82 Å². The number of carbonyl (C=O) groups is 1. The number of rotatable bonds is 5. The highest BCUT2D eigenvalue weighted by atomic mass is 79.9. The summed E-state index contributed by atoms with van der Waals surface area (Å²) < 4.78 is 14.4. The van der Waals surface area contributed by atoms with E-state index in [1.54, 1.807) is 12.1 Å². The van der Waals surface area contributed by atoms with Crippen LogP contribution < -0.4 is 10.6 Å². The molecule has 1 atom stereocenters. The maximum atomic E-state index is 13.5. The van der Waals surface area contributed by atoms with Crippen molar-refractivity contribution in [2.24, 2.45) is 0 Å². The van der Waals surface area contributed by atoms with Crippen LogP contribution in [0.2, 0.25) is 0 Å². The first-order chi connectivity index (χ1) is 8.04. The monoisotopic (exact) mass is 302 g/mol. The third-order valence-corrected chi connectivity index (χ3v) is 2.86. The van der Waals surface area contributed by atoms with Crippen molar-refractivity contribution in [1.82, 2.24) is 10.6 Å². The SMILES string of the molecule is CCNC(=O)CNC(C)c1cc(Br)ccc1F. The molecule has 17 heavy (non-hydrogen) atoms. The Kier molecular flexibility index (Phi) is 5.58. The average Bonchev–Trinajstić information content (AvgIpc) is 2.29. The molecule has 1 amide bonds. The highest BCUT2D eigenvalue weighted by Crippen LogP contribution is 2.21. The minimum absolute atomic E-state index is 0.0882. The summed E-state index contributed by atoms with van der Waals surface area (Å²) in [6, 6.07) is 4.55. The molecule has 5 heteroatoms. The van der Waals surface area contributed by atoms with E-state index < -0.39 is 0 Å². The molecule has 0 radical (unpaired) electrons. The summed E-state index contributed by atoms with van der Waals surface area (Å²) in [6.45, 7) is 4.46. The van der Waals surface area contributed by atoms with Crippen LogP contribution in [0.3, 0.4) is 0 Å². The van der Waals surface area contributed by atoms with Crippen LogP contribution in [0.25, 0.3) is 0 Å². The van der Waals surface area contributed by atoms with E-state index in [-0.39, 0.29) is 24.3 Å². The fourth-order valence-electron chi connectivity index (χ4n) is 1.46. The van der Waals surface area contributed by atoms with Gasteiger partial charge in [-0.05, 0) is 32.0 Å². The first-order valence-corrected chi connectivity index (χ1v) is 6.29. The molecule has 2 N–H and O–H groups in total. The van der Waals surface area contributed by atoms with E-state index in [4.69, 9.17) is 0 Å². The van der Waals surface area contributed by atoms with Gasteiger partial charge in [-0.25, -0.2) is 4.39 Å². The molecule has 1 aromatic carbocycles. The fraction of sp³-hybridized carbons (Fsp3) is 0.417. The van der Waals surface area contributed by atoms with Crippen LogP contribution in [0.5, 0.6) is 0 Å². The zero-order valence-corrected chi connectivity index (χ0v) is 11.5. The molecule has 0 saturated carbocycles. The summed E-state index contributed by atoms with van der Waals surface area (Å²) in [4.78, 5) is 11.3. The Morgan fingerprint density at radius 2 is 2.24 bits per heavy atom. The maximum Gasteiger partial charge on any atom is 0.233 e. The summed E-state index contributed by atoms with van der Waals surface area (Å²) in [5.74, 6) is -0.362. The normalized spacial score (nSPS) is 12.2. The minimum atomic E-state index is -0.274. The molecule has 0 aromatic heterocycles. The average molecular weight is 303 g/mol. The second-order valence-electron chi connectivity index (χ2n) is 3.72. The quantitative estimate of drug-likeness (QED) is 0.877. The lowest BCUT2D eigenvalue weighted by molar-refractivity contribution is -0.120. The second-order valence-corrected chi connectivity index (χ2v) is 4.64. The Morgan fingerprint density at radius 3 is 2.88 bits per heavy atom. The van der Waals surface area contributed by atoms with Crippen LogP contribution in [0.1, 0.15) is 25.5 Å². The number of halogens is 2. The zero-order valence-electron chi connectivity index (χ0n) is 9.89. The van der Waals surface area contributed by atoms with Crippen molar-refractivity contribution in [3.8, 4) is 0 Å². The van der Waals surface area contributed by atoms with Crippen molar-refractivity contribution in [2.75, 3.05) is 13.1 Å². The van der Waals surface area contributed by atoms with Crippen molar-refractivity contribution in [2.45, 2.75) is 19.9 Å². The van der Waals surface area contributed by atoms with Gasteiger partial charge in [0.25, 0.3) is 0 Å². The van der Waals surface area contributed by atoms with Crippen LogP contribution in [0.4, 0.5) is 4.39 Å². The van der Waals surface area contributed by atoms with Crippen LogP contribution in [-0.2, 0) is 4.79 Å². The predicted molar refractivity (Wildman–Crippen MR) is 69.2 cm³/mol. The van der Waals surface area contributed by atoms with Gasteiger partial charge in [0, 0.05) is 22.6 Å². The van der Waals surface area contributed by atoms with E-state index in [2.05, 4.69) is 26.6 Å². The van der Waals surface area contributed by atoms with Crippen molar-refractivity contribution in [1.29, 1.82) is 0 Å². The van der Waals surface area contributed by atoms with Gasteiger partial charge in [0.1, 0.15) is 5.82 Å². The van der Waals surface area contributed by atoms with E-state index in [1.807, 2.05) is 13.8 Å². The highest BCUT2D eigenvalue weighted by molar-refractivity contribution is 9.10. The van der Waals surface area contributed by atoms with Gasteiger partial charge >= 0.3 is 0 Å². The summed E-state index contributed by atoms with van der Waals surface area (Å²) in [5.41, 5.74) is 0.545. The van der Waals surface area contributed by atoms with Gasteiger partial charge in [-0.15, -0.1) is 0 Å². The topological polar surface area (TPSA) is 41.1 Å². The smallest absolute Gasteiger partial charge is 0.233 e. The number of carbonyl (C=O) groups excluding carboxylic acids is 1. The lowest BCUT2D eigenvalue weighted by atomic mass is 10.1. The Morgan fingerprint density at radius 1 is 1.53 bits per heavy atom. The lowest BCUT2D eigenvalue weighted by Gasteiger charge is -2.15. The van der Waals surface area contributed by atoms with E-state index in [0.29, 0.717) is 12.1 Å². The minimum Gasteiger partial charge on any atom is -0.355 e. The third kappa shape index (κ3) is 4.44. The number of benzene rings is 1. The molecule has 0 bridgehead atoms. The Balaban J connectivity index is 2.60. The molecule has 0 aliphatic carbocycles. The molecule has 1 rings (SSSR count). The molecule has 3 nitrogen and oxygen atoms in total. The summed E-state index contributed by atoms with van der Waals surface area (Å²) in [7, 11) is 0. The molecule has 94 valence electrons. The first-order valence-electron chi connectivity index (χ1n) is 5.49. The fourth-order valence-corrected chi connectivity index (χ4v) is 1.84. The van der Waals surface area contributed by atoms with Crippen LogP contribution in [-0.4, -0.2) is 19.0 Å². The van der Waals surface area contributed by atoms with Crippen molar-refractivity contribution in [3.63, 3.8) is 0 Å². The molecule has 0 fully saturated rings. The van der Waals surface area contributed by atoms with Crippen molar-refractivity contribution in [3.05, 3.63) is 34.1 Å². The molecule has 0 spiro atoms. The van der Waals surface area contributed by atoms with Crippen molar-refractivity contribution < 1.29 is 9.18 Å². The highest BCUT2D eigenvalue weighted by Gasteiger charge is 2.12. The van der Waals surface area contributed by atoms with E-state index >= 15 is 0 Å². The summed E-state index contributed by atoms with van der Waals surface area (Å²) in [5, 5.41) is 5.65. The van der Waals surface area contributed by atoms with E-state index in [1.165, 1.54) is 6.07 Å². The predicted octanol–water partition coefficient (Wildman–Crippen LogP) is 2.37. The van der Waals surface area contributed by atoms with Gasteiger partial charge < -0.3 is 10.6 Å². The Bertz CT molecular complexity index is 398. The zero-order chi connectivity index (χ0) is 12.8. The number of amides is 1. The third-order valence-electron chi connectivity index (χ3n) is 2.37. The Hall–Kier alpha value is -0.940. The lowest BCUT2D eigenvalue weighted by Crippen LogP contribution is -2.35. The summed E-state index contributed by atoms with van der Waals surface area (Å²) in [6.07, 6.45) is 0. The second kappa shape index (κ2) is 6.71. The first kappa shape index (κ1) is 14.1. The number of nitrogens with one attached hydrogen (secondary N) is 2. The van der Waals surface area contributed by atoms with Gasteiger partial charge in [-0.3, -0.25) is 4.79 Å². The van der Waals surface area contributed by atoms with Gasteiger partial charge in [-0.2, -0.15) is 0 Å². The van der Waals surface area contributed by atoms with Gasteiger partial charge in [0.15, 0.2) is 0 Å². The van der Waals surface area contributed by atoms with E-state index in [9.17, 15) is 9.18 Å². The van der Waals surface area contributed by atoms with Gasteiger partial charge in [-0.1, -0.05) is 15.9 Å². The number of hydrogen-bond acceptors (Lipinski definition) is 2. The Labute approximate surface area is 109 Å².